The smallest absolute Gasteiger partial charge is 0.254 e. The summed E-state index contributed by atoms with van der Waals surface area (Å²) in [6.07, 6.45) is 1.67. The highest BCUT2D eigenvalue weighted by molar-refractivity contribution is 5.95. The van der Waals surface area contributed by atoms with E-state index in [9.17, 15) is 4.79 Å². The molecule has 0 aliphatic carbocycles. The van der Waals surface area contributed by atoms with Gasteiger partial charge in [-0.15, -0.1) is 0 Å². The number of piperazine rings is 1. The van der Waals surface area contributed by atoms with Crippen molar-refractivity contribution in [2.75, 3.05) is 33.4 Å². The summed E-state index contributed by atoms with van der Waals surface area (Å²) >= 11 is 0. The summed E-state index contributed by atoms with van der Waals surface area (Å²) < 4.78 is 10.8. The molecule has 1 N–H and O–H groups in total. The molecular weight excluding hydrogens is 268 g/mol. The third-order valence-electron chi connectivity index (χ3n) is 3.42. The van der Waals surface area contributed by atoms with Gasteiger partial charge in [-0.1, -0.05) is 12.7 Å². The first-order chi connectivity index (χ1) is 10.2. The van der Waals surface area contributed by atoms with Crippen molar-refractivity contribution in [3.8, 4) is 11.5 Å². The van der Waals surface area contributed by atoms with Crippen LogP contribution in [-0.2, 0) is 0 Å². The van der Waals surface area contributed by atoms with Gasteiger partial charge in [0.15, 0.2) is 11.5 Å². The Morgan fingerprint density at radius 3 is 3.00 bits per heavy atom. The van der Waals surface area contributed by atoms with Gasteiger partial charge in [0.2, 0.25) is 0 Å². The zero-order chi connectivity index (χ0) is 15.2. The number of carbonyl (C=O) groups excluding carboxylic acids is 1. The summed E-state index contributed by atoms with van der Waals surface area (Å²) in [6, 6.07) is 5.59. The molecule has 1 amide bonds. The van der Waals surface area contributed by atoms with Crippen molar-refractivity contribution in [1.82, 2.24) is 10.2 Å². The molecule has 1 atom stereocenters. The molecule has 21 heavy (non-hydrogen) atoms. The Bertz CT molecular complexity index is 516. The minimum absolute atomic E-state index is 0.0249. The zero-order valence-electron chi connectivity index (χ0n) is 12.6. The van der Waals surface area contributed by atoms with E-state index in [1.807, 2.05) is 4.90 Å². The largest absolute Gasteiger partial charge is 0.493 e. The van der Waals surface area contributed by atoms with Gasteiger partial charge in [-0.25, -0.2) is 0 Å². The number of hydrogen-bond acceptors (Lipinski definition) is 4. The summed E-state index contributed by atoms with van der Waals surface area (Å²) in [5.74, 6) is 1.20. The Labute approximate surface area is 125 Å². The maximum atomic E-state index is 12.5. The number of nitrogens with zero attached hydrogens (tertiary/aromatic N) is 1. The van der Waals surface area contributed by atoms with E-state index in [0.717, 1.165) is 19.6 Å². The molecule has 0 aromatic heterocycles. The van der Waals surface area contributed by atoms with Gasteiger partial charge >= 0.3 is 0 Å². The van der Waals surface area contributed by atoms with Gasteiger partial charge in [0, 0.05) is 31.2 Å². The van der Waals surface area contributed by atoms with Crippen LogP contribution in [0, 0.1) is 0 Å². The van der Waals surface area contributed by atoms with Crippen LogP contribution in [0.15, 0.2) is 30.9 Å². The van der Waals surface area contributed by atoms with Crippen LogP contribution in [0.5, 0.6) is 11.5 Å². The lowest BCUT2D eigenvalue weighted by Gasteiger charge is -2.32. The first-order valence-corrected chi connectivity index (χ1v) is 7.10. The fourth-order valence-electron chi connectivity index (χ4n) is 2.37. The molecule has 1 heterocycles. The Morgan fingerprint density at radius 2 is 2.33 bits per heavy atom. The SMILES string of the molecule is C=CCOc1ccc(C(=O)N2CCNC(C)C2)cc1OC. The van der Waals surface area contributed by atoms with Gasteiger partial charge in [0.25, 0.3) is 5.91 Å². The molecule has 0 bridgehead atoms. The Balaban J connectivity index is 2.15. The van der Waals surface area contributed by atoms with Crippen LogP contribution in [0.25, 0.3) is 0 Å². The second-order valence-electron chi connectivity index (χ2n) is 5.07. The number of carbonyl (C=O) groups is 1. The molecule has 1 unspecified atom stereocenters. The molecule has 0 radical (unpaired) electrons. The normalized spacial score (nSPS) is 18.2. The van der Waals surface area contributed by atoms with Crippen LogP contribution < -0.4 is 14.8 Å². The van der Waals surface area contributed by atoms with Crippen molar-refractivity contribution in [3.63, 3.8) is 0 Å². The summed E-state index contributed by atoms with van der Waals surface area (Å²) in [5.41, 5.74) is 0.618. The number of ether oxygens (including phenoxy) is 2. The third-order valence-corrected chi connectivity index (χ3v) is 3.42. The van der Waals surface area contributed by atoms with Crippen LogP contribution >= 0.6 is 0 Å². The average Bonchev–Trinajstić information content (AvgIpc) is 2.52. The van der Waals surface area contributed by atoms with Gasteiger partial charge in [0.05, 0.1) is 7.11 Å². The fourth-order valence-corrected chi connectivity index (χ4v) is 2.37. The summed E-state index contributed by atoms with van der Waals surface area (Å²) in [5, 5.41) is 3.33. The Kier molecular flexibility index (Phi) is 5.22. The van der Waals surface area contributed by atoms with E-state index in [2.05, 4.69) is 18.8 Å². The van der Waals surface area contributed by atoms with Crippen molar-refractivity contribution >= 4 is 5.91 Å². The monoisotopic (exact) mass is 290 g/mol. The standard InChI is InChI=1S/C16H22N2O3/c1-4-9-21-14-6-5-13(10-15(14)20-3)16(19)18-8-7-17-12(2)11-18/h4-6,10,12,17H,1,7-9,11H2,2-3H3. The van der Waals surface area contributed by atoms with Crippen LogP contribution in [-0.4, -0.2) is 50.2 Å². The quantitative estimate of drug-likeness (QED) is 0.839. The molecule has 1 aromatic carbocycles. The summed E-state index contributed by atoms with van der Waals surface area (Å²) in [7, 11) is 1.57. The van der Waals surface area contributed by atoms with Gasteiger partial charge < -0.3 is 19.7 Å². The lowest BCUT2D eigenvalue weighted by atomic mass is 10.1. The minimum Gasteiger partial charge on any atom is -0.493 e. The number of methoxy groups -OCH3 is 1. The van der Waals surface area contributed by atoms with Gasteiger partial charge in [-0.3, -0.25) is 4.79 Å². The van der Waals surface area contributed by atoms with Crippen LogP contribution in [0.2, 0.25) is 0 Å². The first kappa shape index (κ1) is 15.4. The average molecular weight is 290 g/mol. The lowest BCUT2D eigenvalue weighted by molar-refractivity contribution is 0.0708. The summed E-state index contributed by atoms with van der Waals surface area (Å²) in [4.78, 5) is 14.4. The van der Waals surface area contributed by atoms with E-state index in [1.54, 1.807) is 31.4 Å². The molecule has 1 aliphatic rings. The zero-order valence-corrected chi connectivity index (χ0v) is 12.6. The topological polar surface area (TPSA) is 50.8 Å². The van der Waals surface area contributed by atoms with E-state index in [4.69, 9.17) is 9.47 Å². The van der Waals surface area contributed by atoms with Gasteiger partial charge in [0.1, 0.15) is 6.61 Å². The fraction of sp³-hybridized carbons (Fsp3) is 0.438. The third kappa shape index (κ3) is 3.76. The van der Waals surface area contributed by atoms with Crippen molar-refractivity contribution in [2.45, 2.75) is 13.0 Å². The minimum atomic E-state index is 0.0249. The van der Waals surface area contributed by atoms with Crippen molar-refractivity contribution < 1.29 is 14.3 Å². The highest BCUT2D eigenvalue weighted by Gasteiger charge is 2.22. The van der Waals surface area contributed by atoms with E-state index < -0.39 is 0 Å². The highest BCUT2D eigenvalue weighted by Crippen LogP contribution is 2.28. The lowest BCUT2D eigenvalue weighted by Crippen LogP contribution is -2.51. The molecule has 114 valence electrons. The number of hydrogen-bond donors (Lipinski definition) is 1. The second kappa shape index (κ2) is 7.13. The molecular formula is C16H22N2O3. The summed E-state index contributed by atoms with van der Waals surface area (Å²) in [6.45, 7) is 8.35. The number of rotatable bonds is 5. The molecule has 5 nitrogen and oxygen atoms in total. The van der Waals surface area contributed by atoms with E-state index in [-0.39, 0.29) is 5.91 Å². The van der Waals surface area contributed by atoms with E-state index in [1.165, 1.54) is 0 Å². The molecule has 0 saturated carbocycles. The van der Waals surface area contributed by atoms with Crippen LogP contribution in [0.3, 0.4) is 0 Å². The number of amides is 1. The predicted molar refractivity (Wildman–Crippen MR) is 82.1 cm³/mol. The van der Waals surface area contributed by atoms with Crippen LogP contribution in [0.1, 0.15) is 17.3 Å². The molecule has 1 aromatic rings. The molecule has 1 saturated heterocycles. The highest BCUT2D eigenvalue weighted by atomic mass is 16.5. The predicted octanol–water partition coefficient (Wildman–Crippen LogP) is 1.69. The van der Waals surface area contributed by atoms with Crippen molar-refractivity contribution in [2.24, 2.45) is 0 Å². The molecule has 0 spiro atoms. The van der Waals surface area contributed by atoms with Gasteiger partial charge in [-0.2, -0.15) is 0 Å². The van der Waals surface area contributed by atoms with Crippen molar-refractivity contribution in [1.29, 1.82) is 0 Å². The maximum absolute atomic E-state index is 12.5. The molecule has 2 rings (SSSR count). The van der Waals surface area contributed by atoms with Crippen LogP contribution in [0.4, 0.5) is 0 Å². The number of benzene rings is 1. The van der Waals surface area contributed by atoms with E-state index >= 15 is 0 Å². The maximum Gasteiger partial charge on any atom is 0.254 e. The Hall–Kier alpha value is -2.01. The first-order valence-electron chi connectivity index (χ1n) is 7.10. The molecule has 5 heteroatoms. The van der Waals surface area contributed by atoms with Gasteiger partial charge in [-0.05, 0) is 25.1 Å². The molecule has 1 aliphatic heterocycles. The second-order valence-corrected chi connectivity index (χ2v) is 5.07. The molecule has 1 fully saturated rings. The van der Waals surface area contributed by atoms with E-state index in [0.29, 0.717) is 29.7 Å². The Morgan fingerprint density at radius 1 is 1.52 bits per heavy atom. The number of nitrogens with one attached hydrogen (secondary N) is 1. The van der Waals surface area contributed by atoms with Crippen molar-refractivity contribution in [3.05, 3.63) is 36.4 Å².